The molecule has 15 heavy (non-hydrogen) atoms. The molecule has 0 bridgehead atoms. The van der Waals surface area contributed by atoms with E-state index in [1.807, 2.05) is 0 Å². The second kappa shape index (κ2) is 4.45. The average molecular weight is 208 g/mol. The summed E-state index contributed by atoms with van der Waals surface area (Å²) in [5, 5.41) is 0. The van der Waals surface area contributed by atoms with Gasteiger partial charge in [-0.05, 0) is 12.1 Å². The third kappa shape index (κ3) is 2.46. The maximum absolute atomic E-state index is 11.5. The molecule has 1 heterocycles. The predicted octanol–water partition coefficient (Wildman–Crippen LogP) is 0.134. The lowest BCUT2D eigenvalue weighted by Gasteiger charge is -2.09. The largest absolute Gasteiger partial charge is 0.394 e. The Kier molecular flexibility index (Phi) is 3.28. The first-order chi connectivity index (χ1) is 7.06. The third-order valence-electron chi connectivity index (χ3n) is 1.72. The number of hydrogen-bond acceptors (Lipinski definition) is 4. The van der Waals surface area contributed by atoms with Gasteiger partial charge in [0.25, 0.3) is 0 Å². The number of nitrogens with zero attached hydrogens (tertiary/aromatic N) is 1. The summed E-state index contributed by atoms with van der Waals surface area (Å²) in [6.07, 6.45) is 2.02. The fourth-order valence-corrected chi connectivity index (χ4v) is 1.10. The van der Waals surface area contributed by atoms with Crippen LogP contribution in [0.3, 0.4) is 0 Å². The first-order valence-corrected chi connectivity index (χ1v) is 4.36. The van der Waals surface area contributed by atoms with Crippen molar-refractivity contribution >= 4 is 11.7 Å². The highest BCUT2D eigenvalue weighted by Crippen LogP contribution is 2.01. The van der Waals surface area contributed by atoms with Crippen molar-refractivity contribution < 1.29 is 9.63 Å². The monoisotopic (exact) mass is 208 g/mol. The lowest BCUT2D eigenvalue weighted by molar-refractivity contribution is -0.142. The number of pyridine rings is 1. The first-order valence-electron chi connectivity index (χ1n) is 4.36. The van der Waals surface area contributed by atoms with Crippen molar-refractivity contribution in [2.75, 3.05) is 5.73 Å². The van der Waals surface area contributed by atoms with Crippen molar-refractivity contribution in [3.8, 4) is 0 Å². The number of carbonyl (C=O) groups excluding carboxylic acids is 1. The number of nitrogens with two attached hydrogens (primary N) is 1. The molecule has 0 aliphatic carbocycles. The first kappa shape index (κ1) is 11.0. The third-order valence-corrected chi connectivity index (χ3v) is 1.72. The second-order valence-corrected chi connectivity index (χ2v) is 2.96. The van der Waals surface area contributed by atoms with Crippen LogP contribution in [0.1, 0.15) is 12.6 Å². The lowest BCUT2D eigenvalue weighted by atomic mass is 10.2. The molecular weight excluding hydrogens is 196 g/mol. The fourth-order valence-electron chi connectivity index (χ4n) is 1.10. The van der Waals surface area contributed by atoms with Gasteiger partial charge < -0.3 is 10.6 Å². The molecule has 0 amide bonds. The van der Waals surface area contributed by atoms with E-state index >= 15 is 0 Å². The lowest BCUT2D eigenvalue weighted by Crippen LogP contribution is -2.33. The zero-order chi connectivity index (χ0) is 11.4. The highest BCUT2D eigenvalue weighted by molar-refractivity contribution is 5.66. The van der Waals surface area contributed by atoms with Gasteiger partial charge in [-0.3, -0.25) is 4.79 Å². The molecule has 0 aliphatic heterocycles. The summed E-state index contributed by atoms with van der Waals surface area (Å²) in [5.41, 5.74) is 5.43. The standard InChI is InChI=1S/C10H12N2O3/c1-3-4-8-5-6-9(11)10(14)12(8)15-7(2)13/h3,5-6H,1,4,11H2,2H3. The molecule has 2 N–H and O–H groups in total. The van der Waals surface area contributed by atoms with Crippen LogP contribution in [-0.4, -0.2) is 10.7 Å². The van der Waals surface area contributed by atoms with Gasteiger partial charge >= 0.3 is 11.5 Å². The van der Waals surface area contributed by atoms with Crippen LogP contribution in [0.15, 0.2) is 29.6 Å². The van der Waals surface area contributed by atoms with Crippen molar-refractivity contribution in [3.63, 3.8) is 0 Å². The van der Waals surface area contributed by atoms with Crippen LogP contribution in [0.25, 0.3) is 0 Å². The number of rotatable bonds is 3. The quantitative estimate of drug-likeness (QED) is 0.717. The van der Waals surface area contributed by atoms with Crippen LogP contribution >= 0.6 is 0 Å². The SMILES string of the molecule is C=CCc1ccc(N)c(=O)n1OC(C)=O. The van der Waals surface area contributed by atoms with Gasteiger partial charge in [-0.25, -0.2) is 4.79 Å². The topological polar surface area (TPSA) is 74.3 Å². The van der Waals surface area contributed by atoms with Crippen molar-refractivity contribution in [1.82, 2.24) is 4.73 Å². The van der Waals surface area contributed by atoms with Gasteiger partial charge in [0.05, 0.1) is 5.69 Å². The van der Waals surface area contributed by atoms with Crippen molar-refractivity contribution in [2.45, 2.75) is 13.3 Å². The number of aromatic nitrogens is 1. The number of nitrogen functional groups attached to an aromatic ring is 1. The molecule has 0 saturated carbocycles. The smallest absolute Gasteiger partial charge is 0.330 e. The maximum Gasteiger partial charge on any atom is 0.330 e. The summed E-state index contributed by atoms with van der Waals surface area (Å²) >= 11 is 0. The van der Waals surface area contributed by atoms with Crippen LogP contribution in [0.2, 0.25) is 0 Å². The average Bonchev–Trinajstić information content (AvgIpc) is 2.17. The van der Waals surface area contributed by atoms with Crippen LogP contribution in [0, 0.1) is 0 Å². The fraction of sp³-hybridized carbons (Fsp3) is 0.200. The number of allylic oxidation sites excluding steroid dienone is 1. The molecule has 5 heteroatoms. The summed E-state index contributed by atoms with van der Waals surface area (Å²) in [4.78, 5) is 27.1. The Balaban J connectivity index is 3.27. The van der Waals surface area contributed by atoms with Crippen molar-refractivity contribution in [3.05, 3.63) is 40.8 Å². The number of carbonyl (C=O) groups is 1. The molecule has 0 unspecified atom stereocenters. The molecular formula is C10H12N2O3. The predicted molar refractivity (Wildman–Crippen MR) is 56.3 cm³/mol. The molecule has 0 atom stereocenters. The Hall–Kier alpha value is -2.04. The summed E-state index contributed by atoms with van der Waals surface area (Å²) in [5.74, 6) is -0.576. The van der Waals surface area contributed by atoms with Crippen LogP contribution in [-0.2, 0) is 11.2 Å². The Morgan fingerprint density at radius 1 is 1.67 bits per heavy atom. The summed E-state index contributed by atoms with van der Waals surface area (Å²) < 4.78 is 0.888. The molecule has 1 aromatic rings. The van der Waals surface area contributed by atoms with E-state index in [0.717, 1.165) is 4.73 Å². The Bertz CT molecular complexity index is 448. The minimum atomic E-state index is -0.576. The van der Waals surface area contributed by atoms with E-state index in [1.165, 1.54) is 13.0 Å². The van der Waals surface area contributed by atoms with Crippen LogP contribution in [0.5, 0.6) is 0 Å². The summed E-state index contributed by atoms with van der Waals surface area (Å²) in [6.45, 7) is 4.76. The Labute approximate surface area is 86.7 Å². The highest BCUT2D eigenvalue weighted by atomic mass is 16.7. The van der Waals surface area contributed by atoms with Crippen LogP contribution in [0.4, 0.5) is 5.69 Å². The second-order valence-electron chi connectivity index (χ2n) is 2.96. The molecule has 0 saturated heterocycles. The van der Waals surface area contributed by atoms with Gasteiger partial charge in [-0.1, -0.05) is 6.08 Å². The van der Waals surface area contributed by atoms with Crippen LogP contribution < -0.4 is 16.1 Å². The minimum absolute atomic E-state index is 0.0315. The summed E-state index contributed by atoms with van der Waals surface area (Å²) in [7, 11) is 0. The molecule has 80 valence electrons. The van der Waals surface area contributed by atoms with Gasteiger partial charge in [-0.2, -0.15) is 0 Å². The van der Waals surface area contributed by atoms with Gasteiger partial charge in [0.1, 0.15) is 5.69 Å². The molecule has 0 aromatic carbocycles. The molecule has 0 fully saturated rings. The maximum atomic E-state index is 11.5. The van der Waals surface area contributed by atoms with Gasteiger partial charge in [0, 0.05) is 13.3 Å². The molecule has 5 nitrogen and oxygen atoms in total. The van der Waals surface area contributed by atoms with Crippen molar-refractivity contribution in [1.29, 1.82) is 0 Å². The van der Waals surface area contributed by atoms with E-state index < -0.39 is 11.5 Å². The minimum Gasteiger partial charge on any atom is -0.394 e. The molecule has 0 aliphatic rings. The van der Waals surface area contributed by atoms with Gasteiger partial charge in [-0.15, -0.1) is 11.3 Å². The Morgan fingerprint density at radius 3 is 2.87 bits per heavy atom. The van der Waals surface area contributed by atoms with Gasteiger partial charge in [0.2, 0.25) is 0 Å². The zero-order valence-corrected chi connectivity index (χ0v) is 8.40. The molecule has 0 spiro atoms. The molecule has 1 rings (SSSR count). The van der Waals surface area contributed by atoms with E-state index in [-0.39, 0.29) is 5.69 Å². The Morgan fingerprint density at radius 2 is 2.33 bits per heavy atom. The number of hydrogen-bond donors (Lipinski definition) is 1. The van der Waals surface area contributed by atoms with Gasteiger partial charge in [0.15, 0.2) is 0 Å². The van der Waals surface area contributed by atoms with E-state index in [0.29, 0.717) is 12.1 Å². The molecule has 0 radical (unpaired) electrons. The van der Waals surface area contributed by atoms with E-state index in [4.69, 9.17) is 10.6 Å². The highest BCUT2D eigenvalue weighted by Gasteiger charge is 2.08. The normalized spacial score (nSPS) is 9.67. The number of anilines is 1. The summed E-state index contributed by atoms with van der Waals surface area (Å²) in [6, 6.07) is 3.09. The molecule has 1 aromatic heterocycles. The van der Waals surface area contributed by atoms with Crippen molar-refractivity contribution in [2.24, 2.45) is 0 Å². The van der Waals surface area contributed by atoms with E-state index in [1.54, 1.807) is 12.1 Å². The van der Waals surface area contributed by atoms with E-state index in [9.17, 15) is 9.59 Å². The zero-order valence-electron chi connectivity index (χ0n) is 8.40. The van der Waals surface area contributed by atoms with E-state index in [2.05, 4.69) is 6.58 Å².